The van der Waals surface area contributed by atoms with Gasteiger partial charge in [-0.3, -0.25) is 4.79 Å². The van der Waals surface area contributed by atoms with E-state index < -0.39 is 12.0 Å². The minimum absolute atomic E-state index is 0.731. The Balaban J connectivity index is 0.000000209. The van der Waals surface area contributed by atoms with E-state index >= 15 is 0 Å². The molecule has 110 valence electrons. The van der Waals surface area contributed by atoms with E-state index in [1.54, 1.807) is 0 Å². The van der Waals surface area contributed by atoms with Crippen LogP contribution in [0.15, 0.2) is 60.7 Å². The molecule has 0 saturated heterocycles. The molecule has 4 aromatic rings. The fourth-order valence-electron chi connectivity index (χ4n) is 2.67. The van der Waals surface area contributed by atoms with Gasteiger partial charge < -0.3 is 10.8 Å². The van der Waals surface area contributed by atoms with E-state index in [1.165, 1.54) is 39.2 Å². The fourth-order valence-corrected chi connectivity index (χ4v) is 2.67. The summed E-state index contributed by atoms with van der Waals surface area (Å²) in [4.78, 5) is 9.57. The van der Waals surface area contributed by atoms with Crippen molar-refractivity contribution in [2.24, 2.45) is 5.73 Å². The topological polar surface area (TPSA) is 63.3 Å². The number of carbonyl (C=O) groups is 1. The maximum atomic E-state index is 9.57. The zero-order valence-corrected chi connectivity index (χ0v) is 12.3. The Kier molecular flexibility index (Phi) is 3.65. The highest BCUT2D eigenvalue weighted by molar-refractivity contribution is 6.22. The number of nitrogens with two attached hydrogens (primary N) is 1. The fraction of sp³-hybridized carbons (Fsp3) is 0.105. The largest absolute Gasteiger partial charge is 0.480 e. The Hall–Kier alpha value is -2.65. The molecular weight excluding hydrogens is 274 g/mol. The number of hydrogen-bond donors (Lipinski definition) is 2. The summed E-state index contributed by atoms with van der Waals surface area (Å²) in [5.41, 5.74) is 4.84. The third-order valence-corrected chi connectivity index (χ3v) is 3.78. The van der Waals surface area contributed by atoms with Crippen LogP contribution in [0.1, 0.15) is 6.92 Å². The molecule has 3 nitrogen and oxygen atoms in total. The predicted octanol–water partition coefficient (Wildman–Crippen LogP) is 4.00. The number of carboxylic acids is 1. The van der Waals surface area contributed by atoms with Crippen LogP contribution in [0.5, 0.6) is 0 Å². The van der Waals surface area contributed by atoms with Crippen molar-refractivity contribution in [3.8, 4) is 0 Å². The van der Waals surface area contributed by atoms with Gasteiger partial charge in [0.05, 0.1) is 0 Å². The molecule has 1 atom stereocenters. The average Bonchev–Trinajstić information content (AvgIpc) is 2.53. The first-order valence-electron chi connectivity index (χ1n) is 7.19. The highest BCUT2D eigenvalue weighted by Crippen LogP contribution is 2.33. The van der Waals surface area contributed by atoms with Crippen LogP contribution in [0.4, 0.5) is 0 Å². The second kappa shape index (κ2) is 5.62. The van der Waals surface area contributed by atoms with Crippen LogP contribution >= 0.6 is 0 Å². The van der Waals surface area contributed by atoms with Gasteiger partial charge >= 0.3 is 5.97 Å². The van der Waals surface area contributed by atoms with Crippen molar-refractivity contribution in [2.75, 3.05) is 0 Å². The van der Waals surface area contributed by atoms with Crippen molar-refractivity contribution in [3.05, 3.63) is 60.7 Å². The third kappa shape index (κ3) is 2.47. The van der Waals surface area contributed by atoms with Gasteiger partial charge in [-0.1, -0.05) is 60.7 Å². The summed E-state index contributed by atoms with van der Waals surface area (Å²) in [6.07, 6.45) is 0. The molecule has 4 rings (SSSR count). The van der Waals surface area contributed by atoms with Crippen LogP contribution in [-0.2, 0) is 4.79 Å². The summed E-state index contributed by atoms with van der Waals surface area (Å²) >= 11 is 0. The molecule has 4 aromatic carbocycles. The minimum Gasteiger partial charge on any atom is -0.480 e. The van der Waals surface area contributed by atoms with Crippen molar-refractivity contribution in [3.63, 3.8) is 0 Å². The zero-order chi connectivity index (χ0) is 15.7. The first kappa shape index (κ1) is 14.3. The van der Waals surface area contributed by atoms with Gasteiger partial charge in [-0.2, -0.15) is 0 Å². The van der Waals surface area contributed by atoms with Crippen molar-refractivity contribution < 1.29 is 9.90 Å². The summed E-state index contributed by atoms with van der Waals surface area (Å²) < 4.78 is 0. The second-order valence-electron chi connectivity index (χ2n) is 5.42. The summed E-state index contributed by atoms with van der Waals surface area (Å²) in [7, 11) is 0. The molecule has 0 unspecified atom stereocenters. The lowest BCUT2D eigenvalue weighted by Crippen LogP contribution is -2.25. The van der Waals surface area contributed by atoms with E-state index in [2.05, 4.69) is 60.7 Å². The van der Waals surface area contributed by atoms with E-state index in [9.17, 15) is 4.79 Å². The van der Waals surface area contributed by atoms with Crippen LogP contribution in [-0.4, -0.2) is 17.1 Å². The average molecular weight is 291 g/mol. The van der Waals surface area contributed by atoms with E-state index in [4.69, 9.17) is 10.8 Å². The molecule has 22 heavy (non-hydrogen) atoms. The number of rotatable bonds is 1. The molecule has 0 radical (unpaired) electrons. The van der Waals surface area contributed by atoms with E-state index in [1.807, 2.05) is 0 Å². The molecule has 0 aromatic heterocycles. The highest BCUT2D eigenvalue weighted by Gasteiger charge is 2.05. The first-order chi connectivity index (χ1) is 10.6. The van der Waals surface area contributed by atoms with E-state index in [0.29, 0.717) is 0 Å². The molecular formula is C19H17NO2. The Morgan fingerprint density at radius 2 is 1.09 bits per heavy atom. The lowest BCUT2D eigenvalue weighted by molar-refractivity contribution is -0.138. The molecule has 0 amide bonds. The Morgan fingerprint density at radius 1 is 0.818 bits per heavy atom. The maximum Gasteiger partial charge on any atom is 0.320 e. The smallest absolute Gasteiger partial charge is 0.320 e. The second-order valence-corrected chi connectivity index (χ2v) is 5.42. The number of benzene rings is 4. The van der Waals surface area contributed by atoms with Crippen molar-refractivity contribution in [2.45, 2.75) is 13.0 Å². The van der Waals surface area contributed by atoms with E-state index in [-0.39, 0.29) is 0 Å². The van der Waals surface area contributed by atoms with Crippen molar-refractivity contribution >= 4 is 38.3 Å². The molecule has 0 bridgehead atoms. The van der Waals surface area contributed by atoms with Crippen LogP contribution in [0.2, 0.25) is 0 Å². The van der Waals surface area contributed by atoms with Gasteiger partial charge in [0.2, 0.25) is 0 Å². The molecule has 0 aliphatic heterocycles. The number of aliphatic carboxylic acids is 1. The number of carboxylic acid groups (broad SMARTS) is 1. The van der Waals surface area contributed by atoms with Crippen LogP contribution in [0.3, 0.4) is 0 Å². The zero-order valence-electron chi connectivity index (χ0n) is 12.3. The van der Waals surface area contributed by atoms with Gasteiger partial charge in [0.15, 0.2) is 0 Å². The molecule has 3 heteroatoms. The SMILES string of the molecule is C[C@H](N)C(=O)O.c1cc2ccc3cccc4ccc(c1)c2c34. The monoisotopic (exact) mass is 291 g/mol. The standard InChI is InChI=1S/C16H10.C3H7NO2/c1-3-11-7-9-13-5-2-6-14-10-8-12(4-1)15(11)16(13)14;1-2(4)3(5)6/h1-10H;2H,4H2,1H3,(H,5,6)/t;2-/m.0/s1. The molecule has 0 saturated carbocycles. The lowest BCUT2D eigenvalue weighted by Gasteiger charge is -2.09. The van der Waals surface area contributed by atoms with Gasteiger partial charge in [0.1, 0.15) is 6.04 Å². The molecule has 0 aliphatic carbocycles. The van der Waals surface area contributed by atoms with Crippen LogP contribution in [0.25, 0.3) is 32.3 Å². The normalized spacial score (nSPS) is 12.3. The Morgan fingerprint density at radius 3 is 1.32 bits per heavy atom. The third-order valence-electron chi connectivity index (χ3n) is 3.78. The summed E-state index contributed by atoms with van der Waals surface area (Å²) in [6, 6.07) is 21.1. The lowest BCUT2D eigenvalue weighted by atomic mass is 9.95. The Labute approximate surface area is 128 Å². The Bertz CT molecular complexity index is 814. The minimum atomic E-state index is -0.963. The first-order valence-corrected chi connectivity index (χ1v) is 7.19. The predicted molar refractivity (Wildman–Crippen MR) is 91.4 cm³/mol. The van der Waals surface area contributed by atoms with Crippen LogP contribution < -0.4 is 5.73 Å². The summed E-state index contributed by atoms with van der Waals surface area (Å²) in [6.45, 7) is 1.42. The quantitative estimate of drug-likeness (QED) is 0.521. The number of hydrogen-bond acceptors (Lipinski definition) is 2. The molecule has 0 aliphatic rings. The van der Waals surface area contributed by atoms with Gasteiger partial charge in [0.25, 0.3) is 0 Å². The van der Waals surface area contributed by atoms with Crippen molar-refractivity contribution in [1.29, 1.82) is 0 Å². The van der Waals surface area contributed by atoms with Gasteiger partial charge in [0, 0.05) is 0 Å². The highest BCUT2D eigenvalue weighted by atomic mass is 16.4. The molecule has 0 heterocycles. The van der Waals surface area contributed by atoms with E-state index in [0.717, 1.165) is 0 Å². The molecule has 0 spiro atoms. The maximum absolute atomic E-state index is 9.57. The van der Waals surface area contributed by atoms with Gasteiger partial charge in [-0.05, 0) is 39.2 Å². The van der Waals surface area contributed by atoms with Crippen molar-refractivity contribution in [1.82, 2.24) is 0 Å². The van der Waals surface area contributed by atoms with Crippen LogP contribution in [0, 0.1) is 0 Å². The molecule has 0 fully saturated rings. The van der Waals surface area contributed by atoms with Gasteiger partial charge in [-0.15, -0.1) is 0 Å². The summed E-state index contributed by atoms with van der Waals surface area (Å²) in [5, 5.41) is 16.0. The molecule has 3 N–H and O–H groups in total. The van der Waals surface area contributed by atoms with Gasteiger partial charge in [-0.25, -0.2) is 0 Å². The summed E-state index contributed by atoms with van der Waals surface area (Å²) in [5.74, 6) is -0.963.